The van der Waals surface area contributed by atoms with Crippen molar-refractivity contribution >= 4 is 28.2 Å². The number of hydrogen-bond donors (Lipinski definition) is 3. The average molecular weight is 314 g/mol. The maximum atomic E-state index is 12.3. The van der Waals surface area contributed by atoms with Crippen molar-refractivity contribution in [2.75, 3.05) is 31.2 Å². The molecule has 0 aliphatic rings. The van der Waals surface area contributed by atoms with Gasteiger partial charge in [0.1, 0.15) is 10.7 Å². The zero-order chi connectivity index (χ0) is 16.0. The Morgan fingerprint density at radius 2 is 2.05 bits per heavy atom. The van der Waals surface area contributed by atoms with E-state index in [1.807, 2.05) is 20.8 Å². The number of nitrogens with one attached hydrogen (secondary N) is 1. The normalized spacial score (nSPS) is 11.5. The van der Waals surface area contributed by atoms with Gasteiger partial charge in [0.15, 0.2) is 5.13 Å². The van der Waals surface area contributed by atoms with Gasteiger partial charge < -0.3 is 21.1 Å². The Morgan fingerprint density at radius 3 is 2.62 bits per heavy atom. The molecule has 21 heavy (non-hydrogen) atoms. The molecule has 0 unspecified atom stereocenters. The number of nitrogens with zero attached hydrogens (tertiary/aromatic N) is 2. The van der Waals surface area contributed by atoms with Crippen LogP contribution in [0.4, 0.5) is 10.9 Å². The lowest BCUT2D eigenvalue weighted by molar-refractivity contribution is 0.0797. The molecule has 0 aromatic carbocycles. The van der Waals surface area contributed by atoms with Gasteiger partial charge in [-0.25, -0.2) is 4.98 Å². The Balaban J connectivity index is 2.65. The molecule has 1 amide bonds. The third-order valence-corrected chi connectivity index (χ3v) is 3.80. The summed E-state index contributed by atoms with van der Waals surface area (Å²) in [5, 5.41) is 12.6. The summed E-state index contributed by atoms with van der Waals surface area (Å²) in [4.78, 5) is 18.7. The summed E-state index contributed by atoms with van der Waals surface area (Å²) in [7, 11) is 1.76. The van der Waals surface area contributed by atoms with Crippen LogP contribution in [-0.4, -0.2) is 46.6 Å². The van der Waals surface area contributed by atoms with E-state index in [-0.39, 0.29) is 23.9 Å². The third-order valence-electron chi connectivity index (χ3n) is 2.83. The summed E-state index contributed by atoms with van der Waals surface area (Å²) in [6.07, 6.45) is 2.54. The third kappa shape index (κ3) is 5.89. The molecule has 1 aromatic heterocycles. The summed E-state index contributed by atoms with van der Waals surface area (Å²) in [6, 6.07) is 0. The number of carbonyl (C=O) groups excluding carboxylic acids is 1. The Morgan fingerprint density at radius 1 is 1.38 bits per heavy atom. The number of aliphatic hydroxyl groups excluding tert-OH is 1. The van der Waals surface area contributed by atoms with E-state index in [0.29, 0.717) is 16.6 Å². The summed E-state index contributed by atoms with van der Waals surface area (Å²) in [5.41, 5.74) is 5.73. The van der Waals surface area contributed by atoms with Gasteiger partial charge in [0.05, 0.1) is 0 Å². The van der Waals surface area contributed by atoms with Gasteiger partial charge in [0, 0.05) is 25.7 Å². The second-order valence-corrected chi connectivity index (χ2v) is 7.12. The van der Waals surface area contributed by atoms with E-state index in [4.69, 9.17) is 10.8 Å². The highest BCUT2D eigenvalue weighted by molar-refractivity contribution is 7.18. The van der Waals surface area contributed by atoms with E-state index in [1.54, 1.807) is 11.9 Å². The molecule has 0 radical (unpaired) electrons. The monoisotopic (exact) mass is 314 g/mol. The summed E-state index contributed by atoms with van der Waals surface area (Å²) < 4.78 is 0. The molecule has 0 aliphatic carbocycles. The Hall–Kier alpha value is -1.34. The molecule has 0 fully saturated rings. The van der Waals surface area contributed by atoms with Crippen molar-refractivity contribution < 1.29 is 9.90 Å². The molecule has 0 aliphatic heterocycles. The molecule has 1 aromatic rings. The van der Waals surface area contributed by atoms with Crippen LogP contribution >= 0.6 is 11.3 Å². The SMILES string of the molecule is CN(CCCCCO)C(=O)c1sc(NC(C)(C)C)nc1N. The standard InChI is InChI=1S/C14H26N4O2S/c1-14(2,3)17-13-16-11(15)10(21-13)12(20)18(4)8-6-5-7-9-19/h19H,5-9,15H2,1-4H3,(H,16,17). The van der Waals surface area contributed by atoms with Crippen LogP contribution in [-0.2, 0) is 0 Å². The van der Waals surface area contributed by atoms with Crippen LogP contribution in [0.5, 0.6) is 0 Å². The van der Waals surface area contributed by atoms with E-state index in [2.05, 4.69) is 10.3 Å². The van der Waals surface area contributed by atoms with Gasteiger partial charge in [-0.3, -0.25) is 4.79 Å². The topological polar surface area (TPSA) is 91.5 Å². The number of rotatable bonds is 7. The molecule has 0 bridgehead atoms. The molecular weight excluding hydrogens is 288 g/mol. The predicted octanol–water partition coefficient (Wildman–Crippen LogP) is 2.17. The highest BCUT2D eigenvalue weighted by Gasteiger charge is 2.21. The summed E-state index contributed by atoms with van der Waals surface area (Å²) >= 11 is 1.29. The maximum absolute atomic E-state index is 12.3. The molecule has 0 spiro atoms. The van der Waals surface area contributed by atoms with E-state index in [1.165, 1.54) is 11.3 Å². The average Bonchev–Trinajstić information content (AvgIpc) is 2.72. The van der Waals surface area contributed by atoms with Crippen molar-refractivity contribution in [1.82, 2.24) is 9.88 Å². The first-order valence-corrected chi connectivity index (χ1v) is 7.97. The van der Waals surface area contributed by atoms with Crippen molar-refractivity contribution in [2.45, 2.75) is 45.6 Å². The minimum absolute atomic E-state index is 0.101. The van der Waals surface area contributed by atoms with E-state index in [0.717, 1.165) is 19.3 Å². The molecule has 0 saturated heterocycles. The molecule has 6 nitrogen and oxygen atoms in total. The molecule has 1 heterocycles. The first-order chi connectivity index (χ1) is 9.74. The number of hydrogen-bond acceptors (Lipinski definition) is 6. The van der Waals surface area contributed by atoms with Crippen molar-refractivity contribution in [2.24, 2.45) is 0 Å². The molecule has 0 atom stereocenters. The number of nitrogen functional groups attached to an aromatic ring is 1. The quantitative estimate of drug-likeness (QED) is 0.671. The summed E-state index contributed by atoms with van der Waals surface area (Å²) in [6.45, 7) is 6.93. The Labute approximate surface area is 130 Å². The highest BCUT2D eigenvalue weighted by atomic mass is 32.1. The van der Waals surface area contributed by atoms with E-state index in [9.17, 15) is 4.79 Å². The zero-order valence-corrected chi connectivity index (χ0v) is 14.1. The number of anilines is 2. The van der Waals surface area contributed by atoms with Crippen molar-refractivity contribution in [1.29, 1.82) is 0 Å². The first kappa shape index (κ1) is 17.7. The van der Waals surface area contributed by atoms with Gasteiger partial charge in [-0.1, -0.05) is 11.3 Å². The Kier molecular flexibility index (Phi) is 6.42. The van der Waals surface area contributed by atoms with Crippen LogP contribution in [0.25, 0.3) is 0 Å². The molecule has 4 N–H and O–H groups in total. The second kappa shape index (κ2) is 7.61. The van der Waals surface area contributed by atoms with Gasteiger partial charge in [-0.2, -0.15) is 0 Å². The minimum Gasteiger partial charge on any atom is -0.396 e. The number of carbonyl (C=O) groups is 1. The van der Waals surface area contributed by atoms with Gasteiger partial charge in [-0.05, 0) is 40.0 Å². The van der Waals surface area contributed by atoms with Crippen molar-refractivity contribution in [3.8, 4) is 0 Å². The van der Waals surface area contributed by atoms with Gasteiger partial charge in [-0.15, -0.1) is 0 Å². The van der Waals surface area contributed by atoms with Crippen molar-refractivity contribution in [3.05, 3.63) is 4.88 Å². The lowest BCUT2D eigenvalue weighted by Gasteiger charge is -2.19. The lowest BCUT2D eigenvalue weighted by atomic mass is 10.1. The molecule has 1 rings (SSSR count). The zero-order valence-electron chi connectivity index (χ0n) is 13.3. The second-order valence-electron chi connectivity index (χ2n) is 6.12. The highest BCUT2D eigenvalue weighted by Crippen LogP contribution is 2.28. The smallest absolute Gasteiger partial charge is 0.267 e. The lowest BCUT2D eigenvalue weighted by Crippen LogP contribution is -2.27. The minimum atomic E-state index is -0.124. The fraction of sp³-hybridized carbons (Fsp3) is 0.714. The summed E-state index contributed by atoms with van der Waals surface area (Å²) in [5.74, 6) is 0.176. The number of amides is 1. The van der Waals surface area contributed by atoms with Crippen LogP contribution in [0.15, 0.2) is 0 Å². The fourth-order valence-corrected chi connectivity index (χ4v) is 2.86. The molecule has 120 valence electrons. The van der Waals surface area contributed by atoms with Crippen LogP contribution in [0, 0.1) is 0 Å². The molecular formula is C14H26N4O2S. The van der Waals surface area contributed by atoms with Crippen molar-refractivity contribution in [3.63, 3.8) is 0 Å². The van der Waals surface area contributed by atoms with E-state index >= 15 is 0 Å². The van der Waals surface area contributed by atoms with E-state index < -0.39 is 0 Å². The maximum Gasteiger partial charge on any atom is 0.267 e. The molecule has 7 heteroatoms. The van der Waals surface area contributed by atoms with Crippen LogP contribution in [0.3, 0.4) is 0 Å². The largest absolute Gasteiger partial charge is 0.396 e. The Bertz CT molecular complexity index is 468. The number of thiazole rings is 1. The molecule has 0 saturated carbocycles. The number of aromatic nitrogens is 1. The fourth-order valence-electron chi connectivity index (χ4n) is 1.77. The van der Waals surface area contributed by atoms with Gasteiger partial charge in [0.25, 0.3) is 5.91 Å². The number of unbranched alkanes of at least 4 members (excludes halogenated alkanes) is 2. The van der Waals surface area contributed by atoms with Crippen LogP contribution in [0.1, 0.15) is 49.7 Å². The first-order valence-electron chi connectivity index (χ1n) is 7.15. The predicted molar refractivity (Wildman–Crippen MR) is 87.8 cm³/mol. The van der Waals surface area contributed by atoms with Crippen LogP contribution in [0.2, 0.25) is 0 Å². The van der Waals surface area contributed by atoms with Gasteiger partial charge >= 0.3 is 0 Å². The van der Waals surface area contributed by atoms with Gasteiger partial charge in [0.2, 0.25) is 0 Å². The van der Waals surface area contributed by atoms with Crippen LogP contribution < -0.4 is 11.1 Å². The number of aliphatic hydroxyl groups is 1. The number of nitrogens with two attached hydrogens (primary N) is 1.